The number of benzene rings is 1. The number of esters is 1. The number of carbonyl (C=O) groups is 1. The van der Waals surface area contributed by atoms with Crippen molar-refractivity contribution in [2.24, 2.45) is 5.41 Å². The van der Waals surface area contributed by atoms with Gasteiger partial charge in [-0.2, -0.15) is 0 Å². The van der Waals surface area contributed by atoms with Crippen LogP contribution in [-0.2, 0) is 9.47 Å². The van der Waals surface area contributed by atoms with Crippen molar-refractivity contribution < 1.29 is 24.1 Å². The number of anilines is 1. The molecule has 0 atom stereocenters. The molecule has 6 nitrogen and oxygen atoms in total. The fourth-order valence-electron chi connectivity index (χ4n) is 2.01. The van der Waals surface area contributed by atoms with Crippen LogP contribution in [0.3, 0.4) is 0 Å². The largest absolute Gasteiger partial charge is 0.495 e. The molecule has 0 bridgehead atoms. The van der Waals surface area contributed by atoms with E-state index in [4.69, 9.17) is 14.2 Å². The zero-order valence-electron chi connectivity index (χ0n) is 11.6. The molecular weight excluding hydrogens is 262 g/mol. The molecule has 0 aromatic heterocycles. The van der Waals surface area contributed by atoms with E-state index in [0.29, 0.717) is 36.8 Å². The van der Waals surface area contributed by atoms with Gasteiger partial charge in [-0.15, -0.1) is 0 Å². The van der Waals surface area contributed by atoms with Crippen molar-refractivity contribution >= 4 is 11.7 Å². The van der Waals surface area contributed by atoms with E-state index >= 15 is 0 Å². The van der Waals surface area contributed by atoms with E-state index in [-0.39, 0.29) is 12.0 Å². The van der Waals surface area contributed by atoms with Gasteiger partial charge in [0, 0.05) is 6.54 Å². The van der Waals surface area contributed by atoms with Crippen molar-refractivity contribution in [3.05, 3.63) is 23.8 Å². The molecule has 1 fully saturated rings. The van der Waals surface area contributed by atoms with Gasteiger partial charge in [0.1, 0.15) is 5.75 Å². The summed E-state index contributed by atoms with van der Waals surface area (Å²) in [5.74, 6) is 0.227. The fourth-order valence-corrected chi connectivity index (χ4v) is 2.01. The lowest BCUT2D eigenvalue weighted by molar-refractivity contribution is -0.128. The second-order valence-electron chi connectivity index (χ2n) is 4.91. The number of rotatable bonds is 6. The van der Waals surface area contributed by atoms with Crippen LogP contribution in [0.2, 0.25) is 0 Å². The first-order chi connectivity index (χ1) is 9.64. The highest BCUT2D eigenvalue weighted by molar-refractivity contribution is 5.91. The first-order valence-electron chi connectivity index (χ1n) is 6.33. The summed E-state index contributed by atoms with van der Waals surface area (Å²) in [5, 5.41) is 12.6. The number of carbonyl (C=O) groups excluding carboxylic acids is 1. The summed E-state index contributed by atoms with van der Waals surface area (Å²) < 4.78 is 15.1. The van der Waals surface area contributed by atoms with Gasteiger partial charge in [0.05, 0.1) is 50.7 Å². The van der Waals surface area contributed by atoms with Gasteiger partial charge in [0.15, 0.2) is 0 Å². The Balaban J connectivity index is 2.14. The van der Waals surface area contributed by atoms with Crippen LogP contribution in [0.5, 0.6) is 5.75 Å². The van der Waals surface area contributed by atoms with E-state index in [0.717, 1.165) is 0 Å². The molecule has 110 valence electrons. The van der Waals surface area contributed by atoms with Crippen molar-refractivity contribution in [2.75, 3.05) is 45.9 Å². The molecule has 0 spiro atoms. The number of methoxy groups -OCH3 is 2. The Bertz CT molecular complexity index is 479. The third kappa shape index (κ3) is 2.86. The van der Waals surface area contributed by atoms with Crippen molar-refractivity contribution in [2.45, 2.75) is 0 Å². The van der Waals surface area contributed by atoms with E-state index < -0.39 is 5.97 Å². The number of ether oxygens (including phenoxy) is 3. The zero-order valence-corrected chi connectivity index (χ0v) is 11.6. The third-order valence-corrected chi connectivity index (χ3v) is 3.43. The Morgan fingerprint density at radius 1 is 1.45 bits per heavy atom. The van der Waals surface area contributed by atoms with Crippen LogP contribution < -0.4 is 10.1 Å². The molecule has 1 aliphatic heterocycles. The summed E-state index contributed by atoms with van der Waals surface area (Å²) in [6.45, 7) is 1.65. The minimum atomic E-state index is -0.403. The summed E-state index contributed by atoms with van der Waals surface area (Å²) in [4.78, 5) is 11.5. The molecule has 0 unspecified atom stereocenters. The first-order valence-corrected chi connectivity index (χ1v) is 6.33. The molecule has 1 saturated heterocycles. The maximum atomic E-state index is 11.5. The SMILES string of the molecule is COC(=O)c1ccc(OC)c(NCC2(CO)COC2)c1. The Labute approximate surface area is 117 Å². The lowest BCUT2D eigenvalue weighted by Crippen LogP contribution is -2.50. The monoisotopic (exact) mass is 281 g/mol. The van der Waals surface area contributed by atoms with Crippen LogP contribution in [0, 0.1) is 5.41 Å². The highest BCUT2D eigenvalue weighted by Gasteiger charge is 2.38. The van der Waals surface area contributed by atoms with Crippen molar-refractivity contribution in [1.29, 1.82) is 0 Å². The Kier molecular flexibility index (Phi) is 4.46. The molecule has 0 saturated carbocycles. The Morgan fingerprint density at radius 2 is 2.20 bits per heavy atom. The zero-order chi connectivity index (χ0) is 14.6. The van der Waals surface area contributed by atoms with Gasteiger partial charge in [0.25, 0.3) is 0 Å². The van der Waals surface area contributed by atoms with Crippen LogP contribution >= 0.6 is 0 Å². The summed E-state index contributed by atoms with van der Waals surface area (Å²) in [7, 11) is 2.90. The van der Waals surface area contributed by atoms with Crippen LogP contribution in [-0.4, -0.2) is 51.7 Å². The summed E-state index contributed by atoms with van der Waals surface area (Å²) >= 11 is 0. The number of hydrogen-bond donors (Lipinski definition) is 2. The highest BCUT2D eigenvalue weighted by atomic mass is 16.5. The molecule has 2 N–H and O–H groups in total. The van der Waals surface area contributed by atoms with Gasteiger partial charge in [-0.3, -0.25) is 0 Å². The average Bonchev–Trinajstić information content (AvgIpc) is 2.45. The summed E-state index contributed by atoms with van der Waals surface area (Å²) in [5.41, 5.74) is 0.876. The topological polar surface area (TPSA) is 77.0 Å². The minimum Gasteiger partial charge on any atom is -0.495 e. The Morgan fingerprint density at radius 3 is 2.70 bits per heavy atom. The normalized spacial score (nSPS) is 16.1. The lowest BCUT2D eigenvalue weighted by Gasteiger charge is -2.40. The lowest BCUT2D eigenvalue weighted by atomic mass is 9.87. The molecule has 1 aromatic carbocycles. The molecule has 1 aromatic rings. The average molecular weight is 281 g/mol. The maximum Gasteiger partial charge on any atom is 0.337 e. The second-order valence-corrected chi connectivity index (χ2v) is 4.91. The number of nitrogens with one attached hydrogen (secondary N) is 1. The number of hydrogen-bond acceptors (Lipinski definition) is 6. The van der Waals surface area contributed by atoms with Crippen molar-refractivity contribution in [1.82, 2.24) is 0 Å². The van der Waals surface area contributed by atoms with E-state index in [1.54, 1.807) is 25.3 Å². The van der Waals surface area contributed by atoms with Gasteiger partial charge >= 0.3 is 5.97 Å². The molecule has 6 heteroatoms. The van der Waals surface area contributed by atoms with Crippen molar-refractivity contribution in [3.63, 3.8) is 0 Å². The van der Waals surface area contributed by atoms with E-state index in [1.165, 1.54) is 7.11 Å². The molecule has 0 amide bonds. The van der Waals surface area contributed by atoms with Crippen molar-refractivity contribution in [3.8, 4) is 5.75 Å². The maximum absolute atomic E-state index is 11.5. The van der Waals surface area contributed by atoms with Crippen LogP contribution in [0.1, 0.15) is 10.4 Å². The van der Waals surface area contributed by atoms with Gasteiger partial charge in [0.2, 0.25) is 0 Å². The van der Waals surface area contributed by atoms with Crippen LogP contribution in [0.25, 0.3) is 0 Å². The van der Waals surface area contributed by atoms with Gasteiger partial charge in [-0.05, 0) is 18.2 Å². The van der Waals surface area contributed by atoms with E-state index in [9.17, 15) is 9.90 Å². The molecule has 1 heterocycles. The molecule has 2 rings (SSSR count). The van der Waals surface area contributed by atoms with E-state index in [1.807, 2.05) is 0 Å². The van der Waals surface area contributed by atoms with E-state index in [2.05, 4.69) is 5.32 Å². The quantitative estimate of drug-likeness (QED) is 0.755. The molecular formula is C14H19NO5. The minimum absolute atomic E-state index is 0.0546. The van der Waals surface area contributed by atoms with Gasteiger partial charge in [-0.25, -0.2) is 4.79 Å². The van der Waals surface area contributed by atoms with Crippen LogP contribution in [0.4, 0.5) is 5.69 Å². The summed E-state index contributed by atoms with van der Waals surface area (Å²) in [6.07, 6.45) is 0. The van der Waals surface area contributed by atoms with Gasteiger partial charge < -0.3 is 24.6 Å². The molecule has 0 radical (unpaired) electrons. The number of aliphatic hydroxyl groups excluding tert-OH is 1. The standard InChI is InChI=1S/C14H19NO5/c1-18-12-4-3-10(13(17)19-2)5-11(12)15-6-14(7-16)8-20-9-14/h3-5,15-16H,6-9H2,1-2H3. The fraction of sp³-hybridized carbons (Fsp3) is 0.500. The van der Waals surface area contributed by atoms with Gasteiger partial charge in [-0.1, -0.05) is 0 Å². The predicted molar refractivity (Wildman–Crippen MR) is 73.2 cm³/mol. The second kappa shape index (κ2) is 6.11. The number of aliphatic hydroxyl groups is 1. The Hall–Kier alpha value is -1.79. The smallest absolute Gasteiger partial charge is 0.337 e. The highest BCUT2D eigenvalue weighted by Crippen LogP contribution is 2.30. The molecule has 1 aliphatic rings. The first kappa shape index (κ1) is 14.6. The molecule has 20 heavy (non-hydrogen) atoms. The van der Waals surface area contributed by atoms with Crippen LogP contribution in [0.15, 0.2) is 18.2 Å². The molecule has 0 aliphatic carbocycles. The summed E-state index contributed by atoms with van der Waals surface area (Å²) in [6, 6.07) is 5.02. The predicted octanol–water partition coefficient (Wildman–Crippen LogP) is 0.903. The third-order valence-electron chi connectivity index (χ3n) is 3.43.